The predicted octanol–water partition coefficient (Wildman–Crippen LogP) is 1.77. The van der Waals surface area contributed by atoms with Crippen molar-refractivity contribution in [1.82, 2.24) is 0 Å². The Balaban J connectivity index is 2.38. The van der Waals surface area contributed by atoms with Gasteiger partial charge in [-0.25, -0.2) is 0 Å². The Bertz CT molecular complexity index is 399. The van der Waals surface area contributed by atoms with Crippen molar-refractivity contribution in [2.75, 3.05) is 11.4 Å². The molecule has 3 N–H and O–H groups in total. The topological polar surface area (TPSA) is 61.8 Å². The first-order valence-corrected chi connectivity index (χ1v) is 5.61. The van der Waals surface area contributed by atoms with E-state index >= 15 is 0 Å². The summed E-state index contributed by atoms with van der Waals surface area (Å²) in [5.41, 5.74) is 7.54. The maximum atomic E-state index is 8.77. The summed E-state index contributed by atoms with van der Waals surface area (Å²) in [6, 6.07) is 8.41. The van der Waals surface area contributed by atoms with E-state index in [2.05, 4.69) is 17.0 Å². The summed E-state index contributed by atoms with van der Waals surface area (Å²) in [5.74, 6) is 0.176. The molecular weight excluding hydrogens is 202 g/mol. The van der Waals surface area contributed by atoms with Gasteiger partial charge in [-0.3, -0.25) is 0 Å². The fourth-order valence-corrected chi connectivity index (χ4v) is 2.01. The first-order chi connectivity index (χ1) is 7.77. The fourth-order valence-electron chi connectivity index (χ4n) is 2.01. The van der Waals surface area contributed by atoms with Crippen LogP contribution in [-0.4, -0.2) is 23.6 Å². The number of anilines is 1. The second kappa shape index (κ2) is 4.43. The Labute approximate surface area is 95.4 Å². The number of rotatable bonds is 4. The summed E-state index contributed by atoms with van der Waals surface area (Å²) >= 11 is 0. The quantitative estimate of drug-likeness (QED) is 0.351. The molecule has 0 unspecified atom stereocenters. The Morgan fingerprint density at radius 1 is 1.50 bits per heavy atom. The molecule has 1 aromatic rings. The highest BCUT2D eigenvalue weighted by molar-refractivity contribution is 6.02. The lowest BCUT2D eigenvalue weighted by Gasteiger charge is -2.25. The van der Waals surface area contributed by atoms with Crippen molar-refractivity contribution >= 4 is 11.5 Å². The second-order valence-corrected chi connectivity index (χ2v) is 4.02. The molecule has 4 heteroatoms. The van der Waals surface area contributed by atoms with Crippen LogP contribution in [0.4, 0.5) is 5.69 Å². The molecule has 1 aromatic carbocycles. The van der Waals surface area contributed by atoms with E-state index in [0.29, 0.717) is 6.04 Å². The zero-order valence-electron chi connectivity index (χ0n) is 9.43. The van der Waals surface area contributed by atoms with Crippen molar-refractivity contribution < 1.29 is 5.21 Å². The van der Waals surface area contributed by atoms with Crippen LogP contribution in [0.3, 0.4) is 0 Å². The molecule has 0 atom stereocenters. The summed E-state index contributed by atoms with van der Waals surface area (Å²) in [4.78, 5) is 2.31. The van der Waals surface area contributed by atoms with Gasteiger partial charge >= 0.3 is 0 Å². The molecular formula is C12H17N3O. The maximum absolute atomic E-state index is 8.77. The zero-order chi connectivity index (χ0) is 11.5. The fraction of sp³-hybridized carbons (Fsp3) is 0.417. The van der Waals surface area contributed by atoms with Gasteiger partial charge in [-0.1, -0.05) is 17.3 Å². The molecule has 1 fully saturated rings. The van der Waals surface area contributed by atoms with Gasteiger partial charge in [-0.15, -0.1) is 0 Å². The third kappa shape index (κ3) is 1.96. The predicted molar refractivity (Wildman–Crippen MR) is 65.0 cm³/mol. The van der Waals surface area contributed by atoms with Gasteiger partial charge in [-0.05, 0) is 31.9 Å². The molecule has 16 heavy (non-hydrogen) atoms. The Morgan fingerprint density at radius 2 is 2.19 bits per heavy atom. The van der Waals surface area contributed by atoms with Gasteiger partial charge in [0.05, 0.1) is 0 Å². The van der Waals surface area contributed by atoms with Crippen LogP contribution in [-0.2, 0) is 0 Å². The smallest absolute Gasteiger partial charge is 0.172 e. The molecule has 86 valence electrons. The molecule has 0 amide bonds. The highest BCUT2D eigenvalue weighted by atomic mass is 16.4. The Kier molecular flexibility index (Phi) is 2.99. The number of nitrogens with two attached hydrogens (primary N) is 1. The Morgan fingerprint density at radius 3 is 2.75 bits per heavy atom. The zero-order valence-corrected chi connectivity index (χ0v) is 9.43. The van der Waals surface area contributed by atoms with Gasteiger partial charge in [-0.2, -0.15) is 0 Å². The molecule has 4 nitrogen and oxygen atoms in total. The van der Waals surface area contributed by atoms with Crippen LogP contribution in [0.15, 0.2) is 29.4 Å². The minimum atomic E-state index is 0.176. The monoisotopic (exact) mass is 219 g/mol. The molecule has 0 heterocycles. The Hall–Kier alpha value is -1.71. The van der Waals surface area contributed by atoms with Gasteiger partial charge in [0, 0.05) is 23.8 Å². The molecule has 0 radical (unpaired) electrons. The van der Waals surface area contributed by atoms with Gasteiger partial charge in [0.25, 0.3) is 0 Å². The molecule has 0 saturated heterocycles. The van der Waals surface area contributed by atoms with Crippen LogP contribution in [0.2, 0.25) is 0 Å². The molecule has 2 rings (SSSR count). The lowest BCUT2D eigenvalue weighted by Crippen LogP contribution is -2.28. The summed E-state index contributed by atoms with van der Waals surface area (Å²) in [5, 5.41) is 11.8. The van der Waals surface area contributed by atoms with Crippen molar-refractivity contribution in [3.8, 4) is 0 Å². The number of benzene rings is 1. The van der Waals surface area contributed by atoms with Crippen LogP contribution in [0, 0.1) is 0 Å². The van der Waals surface area contributed by atoms with Gasteiger partial charge < -0.3 is 15.8 Å². The first-order valence-electron chi connectivity index (χ1n) is 5.61. The van der Waals surface area contributed by atoms with E-state index < -0.39 is 0 Å². The molecule has 1 aliphatic carbocycles. The molecule has 1 aliphatic rings. The van der Waals surface area contributed by atoms with E-state index in [1.54, 1.807) is 0 Å². The summed E-state index contributed by atoms with van der Waals surface area (Å²) in [7, 11) is 0. The number of nitrogens with zero attached hydrogens (tertiary/aromatic N) is 2. The number of oxime groups is 1. The molecule has 0 aromatic heterocycles. The summed E-state index contributed by atoms with van der Waals surface area (Å²) in [6.45, 7) is 3.07. The van der Waals surface area contributed by atoms with Crippen LogP contribution in [0.25, 0.3) is 0 Å². The van der Waals surface area contributed by atoms with Crippen LogP contribution >= 0.6 is 0 Å². The van der Waals surface area contributed by atoms with Gasteiger partial charge in [0.15, 0.2) is 5.84 Å². The number of hydrogen-bond donors (Lipinski definition) is 2. The summed E-state index contributed by atoms with van der Waals surface area (Å²) in [6.07, 6.45) is 2.47. The molecule has 0 spiro atoms. The average Bonchev–Trinajstić information content (AvgIpc) is 3.14. The van der Waals surface area contributed by atoms with E-state index in [1.807, 2.05) is 24.3 Å². The average molecular weight is 219 g/mol. The molecule has 0 aliphatic heterocycles. The SMILES string of the molecule is CCN(c1ccccc1/C(N)=N/O)C1CC1. The minimum absolute atomic E-state index is 0.176. The van der Waals surface area contributed by atoms with Crippen molar-refractivity contribution in [3.05, 3.63) is 29.8 Å². The third-order valence-electron chi connectivity index (χ3n) is 2.93. The van der Waals surface area contributed by atoms with E-state index in [0.717, 1.165) is 17.8 Å². The van der Waals surface area contributed by atoms with Crippen molar-refractivity contribution in [3.63, 3.8) is 0 Å². The largest absolute Gasteiger partial charge is 0.409 e. The van der Waals surface area contributed by atoms with Gasteiger partial charge in [0.2, 0.25) is 0 Å². The van der Waals surface area contributed by atoms with Crippen LogP contribution < -0.4 is 10.6 Å². The highest BCUT2D eigenvalue weighted by Gasteiger charge is 2.29. The lowest BCUT2D eigenvalue weighted by molar-refractivity contribution is 0.318. The first kappa shape index (κ1) is 10.8. The van der Waals surface area contributed by atoms with E-state index in [9.17, 15) is 0 Å². The van der Waals surface area contributed by atoms with Crippen LogP contribution in [0.1, 0.15) is 25.3 Å². The highest BCUT2D eigenvalue weighted by Crippen LogP contribution is 2.33. The van der Waals surface area contributed by atoms with Crippen molar-refractivity contribution in [2.24, 2.45) is 10.9 Å². The van der Waals surface area contributed by atoms with Crippen LogP contribution in [0.5, 0.6) is 0 Å². The normalized spacial score (nSPS) is 16.2. The summed E-state index contributed by atoms with van der Waals surface area (Å²) < 4.78 is 0. The third-order valence-corrected chi connectivity index (χ3v) is 2.93. The van der Waals surface area contributed by atoms with Crippen molar-refractivity contribution in [1.29, 1.82) is 0 Å². The van der Waals surface area contributed by atoms with E-state index in [-0.39, 0.29) is 5.84 Å². The number of amidine groups is 1. The van der Waals surface area contributed by atoms with Crippen molar-refractivity contribution in [2.45, 2.75) is 25.8 Å². The molecule has 0 bridgehead atoms. The lowest BCUT2D eigenvalue weighted by atomic mass is 10.1. The van der Waals surface area contributed by atoms with E-state index in [4.69, 9.17) is 10.9 Å². The maximum Gasteiger partial charge on any atom is 0.172 e. The second-order valence-electron chi connectivity index (χ2n) is 4.02. The van der Waals surface area contributed by atoms with Gasteiger partial charge in [0.1, 0.15) is 0 Å². The minimum Gasteiger partial charge on any atom is -0.409 e. The molecule has 1 saturated carbocycles. The number of para-hydroxylation sites is 1. The number of hydrogen-bond acceptors (Lipinski definition) is 3. The standard InChI is InChI=1S/C12H17N3O/c1-2-15(9-7-8-9)11-6-4-3-5-10(11)12(13)14-16/h3-6,9,16H,2,7-8H2,1H3,(H2,13,14). The van der Waals surface area contributed by atoms with E-state index in [1.165, 1.54) is 12.8 Å².